The lowest BCUT2D eigenvalue weighted by atomic mass is 10.1. The Balaban J connectivity index is 2.18. The van der Waals surface area contributed by atoms with Gasteiger partial charge in [-0.15, -0.1) is 0 Å². The molecule has 0 spiro atoms. The topological polar surface area (TPSA) is 38.5 Å². The largest absolute Gasteiger partial charge is 0.496 e. The molecule has 0 heterocycles. The molecule has 3 nitrogen and oxygen atoms in total. The third kappa shape index (κ3) is 4.23. The Morgan fingerprint density at radius 1 is 1.33 bits per heavy atom. The van der Waals surface area contributed by atoms with Crippen molar-refractivity contribution in [1.82, 2.24) is 4.90 Å². The first-order chi connectivity index (χ1) is 10.3. The lowest BCUT2D eigenvalue weighted by Crippen LogP contribution is -2.32. The highest BCUT2D eigenvalue weighted by Gasteiger charge is 2.22. The first kappa shape index (κ1) is 15.9. The van der Waals surface area contributed by atoms with Crippen molar-refractivity contribution in [2.75, 3.05) is 20.2 Å². The fourth-order valence-corrected chi connectivity index (χ4v) is 3.12. The molecule has 0 aromatic heterocycles. The number of hydrogen-bond acceptors (Lipinski definition) is 3. The van der Waals surface area contributed by atoms with Gasteiger partial charge in [0.1, 0.15) is 5.75 Å². The predicted octanol–water partition coefficient (Wildman–Crippen LogP) is 2.77. The van der Waals surface area contributed by atoms with E-state index in [1.165, 1.54) is 31.2 Å². The van der Waals surface area contributed by atoms with Crippen molar-refractivity contribution in [2.24, 2.45) is 5.73 Å². The van der Waals surface area contributed by atoms with Crippen molar-refractivity contribution in [2.45, 2.75) is 45.2 Å². The molecule has 1 aromatic carbocycles. The average molecular weight is 286 g/mol. The molecule has 2 N–H and O–H groups in total. The fourth-order valence-electron chi connectivity index (χ4n) is 3.12. The molecular formula is C18H26N2O. The molecule has 0 radical (unpaired) electrons. The lowest BCUT2D eigenvalue weighted by Gasteiger charge is -2.28. The molecule has 1 aliphatic rings. The maximum Gasteiger partial charge on any atom is 0.123 e. The summed E-state index contributed by atoms with van der Waals surface area (Å²) in [6.07, 6.45) is 5.37. The van der Waals surface area contributed by atoms with Gasteiger partial charge in [0.2, 0.25) is 0 Å². The summed E-state index contributed by atoms with van der Waals surface area (Å²) >= 11 is 0. The van der Waals surface area contributed by atoms with E-state index >= 15 is 0 Å². The maximum absolute atomic E-state index is 5.51. The van der Waals surface area contributed by atoms with Gasteiger partial charge in [-0.25, -0.2) is 0 Å². The minimum atomic E-state index is 0.393. The second-order valence-corrected chi connectivity index (χ2v) is 5.53. The molecule has 0 aliphatic heterocycles. The number of benzene rings is 1. The molecule has 0 amide bonds. The summed E-state index contributed by atoms with van der Waals surface area (Å²) < 4.78 is 5.51. The molecule has 0 unspecified atom stereocenters. The van der Waals surface area contributed by atoms with Crippen LogP contribution in [0.25, 0.3) is 0 Å². The predicted molar refractivity (Wildman–Crippen MR) is 87.3 cm³/mol. The monoisotopic (exact) mass is 286 g/mol. The number of nitrogens with two attached hydrogens (primary N) is 1. The van der Waals surface area contributed by atoms with Gasteiger partial charge in [0.05, 0.1) is 13.7 Å². The Morgan fingerprint density at radius 3 is 2.71 bits per heavy atom. The third-order valence-corrected chi connectivity index (χ3v) is 4.24. The molecule has 1 aliphatic carbocycles. The van der Waals surface area contributed by atoms with Crippen molar-refractivity contribution < 1.29 is 4.74 Å². The molecule has 1 fully saturated rings. The molecule has 0 atom stereocenters. The standard InChI is InChI=1S/C18H26N2O/c1-3-20(17-8-4-5-9-17)14-16-13-15(7-6-12-19)10-11-18(16)21-2/h10-11,13,17H,3-5,8-9,12,14,19H2,1-2H3. The van der Waals surface area contributed by atoms with Crippen LogP contribution >= 0.6 is 0 Å². The third-order valence-electron chi connectivity index (χ3n) is 4.24. The molecule has 2 rings (SSSR count). The van der Waals surface area contributed by atoms with E-state index in [9.17, 15) is 0 Å². The zero-order chi connectivity index (χ0) is 15.1. The number of rotatable bonds is 5. The minimum Gasteiger partial charge on any atom is -0.496 e. The van der Waals surface area contributed by atoms with Crippen LogP contribution in [0.2, 0.25) is 0 Å². The molecule has 0 saturated heterocycles. The molecule has 1 saturated carbocycles. The molecule has 114 valence electrons. The van der Waals surface area contributed by atoms with E-state index in [1.807, 2.05) is 12.1 Å². The quantitative estimate of drug-likeness (QED) is 0.846. The van der Waals surface area contributed by atoms with Crippen LogP contribution in [-0.2, 0) is 6.54 Å². The van der Waals surface area contributed by atoms with Crippen LogP contribution in [0.3, 0.4) is 0 Å². The highest BCUT2D eigenvalue weighted by atomic mass is 16.5. The first-order valence-corrected chi connectivity index (χ1v) is 7.88. The van der Waals surface area contributed by atoms with Gasteiger partial charge in [-0.1, -0.05) is 31.6 Å². The molecule has 3 heteroatoms. The van der Waals surface area contributed by atoms with Crippen LogP contribution in [-0.4, -0.2) is 31.1 Å². The molecule has 21 heavy (non-hydrogen) atoms. The highest BCUT2D eigenvalue weighted by Crippen LogP contribution is 2.27. The van der Waals surface area contributed by atoms with Gasteiger partial charge in [0.15, 0.2) is 0 Å². The van der Waals surface area contributed by atoms with Crippen LogP contribution in [0.4, 0.5) is 0 Å². The zero-order valence-electron chi connectivity index (χ0n) is 13.2. The first-order valence-electron chi connectivity index (χ1n) is 7.88. The van der Waals surface area contributed by atoms with E-state index in [1.54, 1.807) is 7.11 Å². The number of nitrogens with zero attached hydrogens (tertiary/aromatic N) is 1. The normalized spacial score (nSPS) is 15.0. The van der Waals surface area contributed by atoms with Crippen molar-refractivity contribution in [3.05, 3.63) is 29.3 Å². The molecular weight excluding hydrogens is 260 g/mol. The summed E-state index contributed by atoms with van der Waals surface area (Å²) in [7, 11) is 1.73. The summed E-state index contributed by atoms with van der Waals surface area (Å²) in [6.45, 7) is 4.64. The summed E-state index contributed by atoms with van der Waals surface area (Å²) in [6, 6.07) is 6.87. The second kappa shape index (κ2) is 8.07. The summed E-state index contributed by atoms with van der Waals surface area (Å²) in [4.78, 5) is 2.56. The van der Waals surface area contributed by atoms with Crippen molar-refractivity contribution in [1.29, 1.82) is 0 Å². The van der Waals surface area contributed by atoms with Crippen LogP contribution in [0.15, 0.2) is 18.2 Å². The fraction of sp³-hybridized carbons (Fsp3) is 0.556. The molecule has 1 aromatic rings. The SMILES string of the molecule is CCN(Cc1cc(C#CCN)ccc1OC)C1CCCC1. The number of methoxy groups -OCH3 is 1. The summed E-state index contributed by atoms with van der Waals surface area (Å²) in [5, 5.41) is 0. The Kier molecular flexibility index (Phi) is 6.10. The second-order valence-electron chi connectivity index (χ2n) is 5.53. The number of ether oxygens (including phenoxy) is 1. The Morgan fingerprint density at radius 2 is 2.10 bits per heavy atom. The van der Waals surface area contributed by atoms with Gasteiger partial charge in [0, 0.05) is 23.7 Å². The zero-order valence-corrected chi connectivity index (χ0v) is 13.2. The van der Waals surface area contributed by atoms with E-state index in [4.69, 9.17) is 10.5 Å². The van der Waals surface area contributed by atoms with E-state index in [-0.39, 0.29) is 0 Å². The Hall–Kier alpha value is -1.50. The van der Waals surface area contributed by atoms with E-state index in [0.717, 1.165) is 30.4 Å². The average Bonchev–Trinajstić information content (AvgIpc) is 3.04. The smallest absolute Gasteiger partial charge is 0.123 e. The van der Waals surface area contributed by atoms with Gasteiger partial charge in [0.25, 0.3) is 0 Å². The van der Waals surface area contributed by atoms with Crippen molar-refractivity contribution in [3.63, 3.8) is 0 Å². The van der Waals surface area contributed by atoms with Crippen molar-refractivity contribution in [3.8, 4) is 17.6 Å². The van der Waals surface area contributed by atoms with E-state index < -0.39 is 0 Å². The van der Waals surface area contributed by atoms with Gasteiger partial charge < -0.3 is 10.5 Å². The maximum atomic E-state index is 5.51. The minimum absolute atomic E-state index is 0.393. The van der Waals surface area contributed by atoms with Crippen LogP contribution < -0.4 is 10.5 Å². The van der Waals surface area contributed by atoms with Gasteiger partial charge in [-0.3, -0.25) is 4.90 Å². The van der Waals surface area contributed by atoms with Gasteiger partial charge in [-0.05, 0) is 37.6 Å². The lowest BCUT2D eigenvalue weighted by molar-refractivity contribution is 0.198. The van der Waals surface area contributed by atoms with Crippen LogP contribution in [0.1, 0.15) is 43.7 Å². The van der Waals surface area contributed by atoms with Gasteiger partial charge >= 0.3 is 0 Å². The van der Waals surface area contributed by atoms with E-state index in [2.05, 4.69) is 29.7 Å². The van der Waals surface area contributed by atoms with Crippen LogP contribution in [0, 0.1) is 11.8 Å². The number of hydrogen-bond donors (Lipinski definition) is 1. The highest BCUT2D eigenvalue weighted by molar-refractivity contribution is 5.44. The Labute approximate surface area is 128 Å². The Bertz CT molecular complexity index is 510. The molecule has 0 bridgehead atoms. The summed E-state index contributed by atoms with van der Waals surface area (Å²) in [5.74, 6) is 6.97. The summed E-state index contributed by atoms with van der Waals surface area (Å²) in [5.41, 5.74) is 7.68. The van der Waals surface area contributed by atoms with Crippen molar-refractivity contribution >= 4 is 0 Å². The van der Waals surface area contributed by atoms with Gasteiger partial charge in [-0.2, -0.15) is 0 Å². The van der Waals surface area contributed by atoms with E-state index in [0.29, 0.717) is 6.54 Å². The van der Waals surface area contributed by atoms with Crippen LogP contribution in [0.5, 0.6) is 5.75 Å².